The minimum Gasteiger partial charge on any atom is -0.508 e. The molecule has 9 N–H and O–H groups in total. The Labute approximate surface area is 334 Å². The Kier molecular flexibility index (Phi) is 10.5. The van der Waals surface area contributed by atoms with Gasteiger partial charge in [0.2, 0.25) is 0 Å². The molecule has 59 heavy (non-hydrogen) atoms. The fourth-order valence-electron chi connectivity index (χ4n) is 8.33. The number of ether oxygens (including phenoxy) is 2. The Morgan fingerprint density at radius 3 is 1.54 bits per heavy atom. The van der Waals surface area contributed by atoms with Gasteiger partial charge in [0.05, 0.1) is 46.8 Å². The quantitative estimate of drug-likeness (QED) is 0.117. The molecule has 2 aliphatic rings. The van der Waals surface area contributed by atoms with E-state index in [0.717, 1.165) is 0 Å². The van der Waals surface area contributed by atoms with Crippen molar-refractivity contribution in [2.24, 2.45) is 0 Å². The first kappa shape index (κ1) is 40.3. The second-order valence-electron chi connectivity index (χ2n) is 15.3. The summed E-state index contributed by atoms with van der Waals surface area (Å²) >= 11 is 0. The molecule has 15 heteroatoms. The summed E-state index contributed by atoms with van der Waals surface area (Å²) in [5, 5.41) is 95.7. The summed E-state index contributed by atoms with van der Waals surface area (Å²) in [5.74, 6) is -1.76. The monoisotopic (exact) mass is 810 g/mol. The van der Waals surface area contributed by atoms with Crippen molar-refractivity contribution in [2.45, 2.75) is 81.8 Å². The van der Waals surface area contributed by atoms with Crippen LogP contribution in [-0.2, 0) is 9.47 Å². The van der Waals surface area contributed by atoms with Gasteiger partial charge in [0, 0.05) is 17.0 Å². The largest absolute Gasteiger partial charge is 0.508 e. The zero-order valence-corrected chi connectivity index (χ0v) is 31.9. The van der Waals surface area contributed by atoms with Crippen LogP contribution in [0.5, 0.6) is 11.5 Å². The number of hydrogen-bond acceptors (Lipinski definition) is 15. The van der Waals surface area contributed by atoms with Gasteiger partial charge >= 0.3 is 0 Å². The molecule has 0 amide bonds. The number of aryl methyl sites for hydroxylation is 2. The van der Waals surface area contributed by atoms with Crippen LogP contribution in [-0.4, -0.2) is 102 Å². The first-order chi connectivity index (χ1) is 28.1. The molecule has 4 heterocycles. The summed E-state index contributed by atoms with van der Waals surface area (Å²) in [7, 11) is 0. The lowest BCUT2D eigenvalue weighted by Gasteiger charge is -2.40. The number of benzene rings is 4. The van der Waals surface area contributed by atoms with Crippen molar-refractivity contribution in [1.82, 2.24) is 0 Å². The Hall–Kier alpha value is -5.46. The van der Waals surface area contributed by atoms with Crippen molar-refractivity contribution in [1.29, 1.82) is 0 Å². The highest BCUT2D eigenvalue weighted by Gasteiger charge is 2.48. The summed E-state index contributed by atoms with van der Waals surface area (Å²) in [4.78, 5) is 30.5. The third-order valence-corrected chi connectivity index (χ3v) is 11.3. The van der Waals surface area contributed by atoms with Gasteiger partial charge in [-0.15, -0.1) is 0 Å². The van der Waals surface area contributed by atoms with Crippen LogP contribution in [0.2, 0.25) is 0 Å². The number of hydrogen-bond donors (Lipinski definition) is 9. The molecule has 2 fully saturated rings. The van der Waals surface area contributed by atoms with Gasteiger partial charge in [-0.3, -0.25) is 9.59 Å². The highest BCUT2D eigenvalue weighted by atomic mass is 16.6. The van der Waals surface area contributed by atoms with Crippen molar-refractivity contribution in [3.8, 4) is 45.3 Å². The number of phenols is 2. The molecular weight excluding hydrogens is 768 g/mol. The van der Waals surface area contributed by atoms with Crippen LogP contribution in [0.25, 0.3) is 55.7 Å². The van der Waals surface area contributed by atoms with Crippen LogP contribution in [0.15, 0.2) is 91.2 Å². The molecule has 2 saturated heterocycles. The smallest absolute Gasteiger partial charge is 0.199 e. The van der Waals surface area contributed by atoms with Crippen LogP contribution >= 0.6 is 0 Å². The molecule has 4 aromatic carbocycles. The number of aliphatic hydroxyl groups excluding tert-OH is 7. The minimum absolute atomic E-state index is 0.0427. The lowest BCUT2D eigenvalue weighted by molar-refractivity contribution is -0.260. The van der Waals surface area contributed by atoms with Gasteiger partial charge in [0.25, 0.3) is 0 Å². The van der Waals surface area contributed by atoms with E-state index in [-0.39, 0.29) is 72.8 Å². The van der Waals surface area contributed by atoms with Crippen molar-refractivity contribution < 1.29 is 64.3 Å². The van der Waals surface area contributed by atoms with Crippen LogP contribution in [0.3, 0.4) is 0 Å². The van der Waals surface area contributed by atoms with Gasteiger partial charge in [-0.2, -0.15) is 0 Å². The number of aromatic hydroxyl groups is 2. The van der Waals surface area contributed by atoms with E-state index >= 15 is 9.59 Å². The molecule has 15 nitrogen and oxygen atoms in total. The molecule has 10 atom stereocenters. The number of rotatable bonds is 6. The molecule has 308 valence electrons. The van der Waals surface area contributed by atoms with E-state index in [1.54, 1.807) is 38.1 Å². The van der Waals surface area contributed by atoms with E-state index in [2.05, 4.69) is 0 Å². The average molecular weight is 811 g/mol. The lowest BCUT2D eigenvalue weighted by atomic mass is 9.80. The molecule has 2 aliphatic heterocycles. The topological polar surface area (TPSA) is 261 Å². The highest BCUT2D eigenvalue weighted by molar-refractivity contribution is 6.04. The van der Waals surface area contributed by atoms with Gasteiger partial charge in [-0.05, 0) is 104 Å². The molecule has 0 radical (unpaired) electrons. The summed E-state index contributed by atoms with van der Waals surface area (Å²) in [6.45, 7) is 4.17. The Bertz CT molecular complexity index is 2680. The summed E-state index contributed by atoms with van der Waals surface area (Å²) in [6.07, 6.45) is -14.6. The van der Waals surface area contributed by atoms with E-state index < -0.39 is 78.5 Å². The molecule has 0 spiro atoms. The van der Waals surface area contributed by atoms with Crippen LogP contribution in [0.4, 0.5) is 0 Å². The molecule has 8 rings (SSSR count). The lowest BCUT2D eigenvalue weighted by Crippen LogP contribution is -2.55. The van der Waals surface area contributed by atoms with Gasteiger partial charge in [0.15, 0.2) is 17.1 Å². The molecule has 2 aromatic heterocycles. The van der Waals surface area contributed by atoms with Crippen LogP contribution in [0, 0.1) is 13.8 Å². The number of aliphatic hydroxyl groups is 7. The van der Waals surface area contributed by atoms with Gasteiger partial charge in [-0.1, -0.05) is 12.1 Å². The second-order valence-corrected chi connectivity index (χ2v) is 15.3. The van der Waals surface area contributed by atoms with Crippen LogP contribution < -0.4 is 10.9 Å². The van der Waals surface area contributed by atoms with E-state index in [0.29, 0.717) is 16.7 Å². The first-order valence-corrected chi connectivity index (χ1v) is 18.9. The Balaban J connectivity index is 1.47. The molecule has 10 unspecified atom stereocenters. The maximum Gasteiger partial charge on any atom is 0.199 e. The molecule has 0 bridgehead atoms. The predicted molar refractivity (Wildman–Crippen MR) is 212 cm³/mol. The number of phenolic OH excluding ortho intramolecular Hbond substituents is 2. The van der Waals surface area contributed by atoms with E-state index in [1.165, 1.54) is 55.5 Å². The fourth-order valence-corrected chi connectivity index (χ4v) is 8.33. The van der Waals surface area contributed by atoms with Crippen molar-refractivity contribution in [2.75, 3.05) is 6.61 Å². The Morgan fingerprint density at radius 1 is 0.576 bits per heavy atom. The standard InChI is InChI=1S/C44H42O15/c1-17-12-24(29-26(14-17)57-41(20-4-8-22(46)9-5-20)32(35(29)49)31-28(16-45)59-44(55)40(54)37(31)51)25-13-18(2)15-27-30(25)36(50)33(42(58-27)21-6-10-23(47)11-7-21)43-39(53)38(52)34(48)19(3)56-43/h4-15,19,28,31,34,37-40,43-48,51-55H,16H2,1-3H3. The normalized spacial score (nSPS) is 27.4. The fraction of sp³-hybridized carbons (Fsp3) is 0.318. The molecule has 0 aliphatic carbocycles. The van der Waals surface area contributed by atoms with E-state index in [1.807, 2.05) is 0 Å². The molecule has 0 saturated carbocycles. The van der Waals surface area contributed by atoms with Crippen LogP contribution in [0.1, 0.15) is 41.2 Å². The van der Waals surface area contributed by atoms with Gasteiger partial charge in [-0.25, -0.2) is 0 Å². The van der Waals surface area contributed by atoms with Crippen molar-refractivity contribution in [3.63, 3.8) is 0 Å². The summed E-state index contributed by atoms with van der Waals surface area (Å²) in [5.41, 5.74) is 0.353. The summed E-state index contributed by atoms with van der Waals surface area (Å²) in [6, 6.07) is 17.9. The maximum absolute atomic E-state index is 15.3. The highest BCUT2D eigenvalue weighted by Crippen LogP contribution is 2.44. The third kappa shape index (κ3) is 6.79. The minimum atomic E-state index is -1.89. The van der Waals surface area contributed by atoms with Gasteiger partial charge < -0.3 is 64.3 Å². The average Bonchev–Trinajstić information content (AvgIpc) is 3.20. The summed E-state index contributed by atoms with van der Waals surface area (Å²) < 4.78 is 24.5. The third-order valence-electron chi connectivity index (χ3n) is 11.3. The number of fused-ring (bicyclic) bond motifs is 2. The second kappa shape index (κ2) is 15.3. The predicted octanol–water partition coefficient (Wildman–Crippen LogP) is 2.99. The SMILES string of the molecule is Cc1cc(-c2cc(C)cc3oc(-c4ccc(O)cc4)c(C4C(CO)OC(O)C(O)C4O)c(=O)c23)c2c(=O)c(C3OC(C)C(O)C(O)C3O)c(-c3ccc(O)cc3)oc2c1. The molecule has 6 aromatic rings. The van der Waals surface area contributed by atoms with E-state index in [9.17, 15) is 46.0 Å². The van der Waals surface area contributed by atoms with E-state index in [4.69, 9.17) is 18.3 Å². The van der Waals surface area contributed by atoms with Crippen molar-refractivity contribution in [3.05, 3.63) is 115 Å². The first-order valence-electron chi connectivity index (χ1n) is 18.9. The maximum atomic E-state index is 15.3. The zero-order valence-electron chi connectivity index (χ0n) is 31.9. The Morgan fingerprint density at radius 2 is 1.05 bits per heavy atom. The zero-order chi connectivity index (χ0) is 42.2. The van der Waals surface area contributed by atoms with Crippen molar-refractivity contribution >= 4 is 21.9 Å². The molecular formula is C44H42O15. The van der Waals surface area contributed by atoms with Gasteiger partial charge in [0.1, 0.15) is 64.7 Å².